The molecule has 0 bridgehead atoms. The molecule has 0 aliphatic heterocycles. The number of hydrogen-bond donors (Lipinski definition) is 0. The van der Waals surface area contributed by atoms with Crippen molar-refractivity contribution in [1.82, 2.24) is 19.7 Å². The molecule has 9 heteroatoms. The Hall–Kier alpha value is -1.90. The Morgan fingerprint density at radius 1 is 1.30 bits per heavy atom. The first kappa shape index (κ1) is 16.0. The van der Waals surface area contributed by atoms with Crippen LogP contribution in [0.5, 0.6) is 0 Å². The van der Waals surface area contributed by atoms with E-state index in [2.05, 4.69) is 19.9 Å². The fourth-order valence-corrected chi connectivity index (χ4v) is 4.09. The van der Waals surface area contributed by atoms with Crippen molar-refractivity contribution in [1.29, 1.82) is 0 Å². The summed E-state index contributed by atoms with van der Waals surface area (Å²) in [6.07, 6.45) is 0. The highest BCUT2D eigenvalue weighted by atomic mass is 35.5. The van der Waals surface area contributed by atoms with Crippen molar-refractivity contribution in [3.05, 3.63) is 40.4 Å². The van der Waals surface area contributed by atoms with Crippen molar-refractivity contribution in [2.45, 2.75) is 9.50 Å². The number of aromatic nitrogens is 4. The van der Waals surface area contributed by atoms with E-state index in [9.17, 15) is 4.79 Å². The molecule has 0 fully saturated rings. The minimum Gasteiger partial charge on any atom is -0.465 e. The predicted octanol–water partition coefficient (Wildman–Crippen LogP) is 3.53. The number of methoxy groups -OCH3 is 1. The third-order valence-corrected chi connectivity index (χ3v) is 5.50. The van der Waals surface area contributed by atoms with Gasteiger partial charge in [-0.2, -0.15) is 0 Å². The van der Waals surface area contributed by atoms with Gasteiger partial charge in [-0.3, -0.25) is 0 Å². The van der Waals surface area contributed by atoms with Gasteiger partial charge in [0.1, 0.15) is 0 Å². The molecule has 118 valence electrons. The zero-order valence-electron chi connectivity index (χ0n) is 12.2. The van der Waals surface area contributed by atoms with Gasteiger partial charge in [0, 0.05) is 12.6 Å². The van der Waals surface area contributed by atoms with Crippen molar-refractivity contribution >= 4 is 40.7 Å². The summed E-state index contributed by atoms with van der Waals surface area (Å²) in [5.41, 5.74) is 0.974. The van der Waals surface area contributed by atoms with Crippen LogP contribution in [0.2, 0.25) is 5.15 Å². The average molecular weight is 367 g/mol. The second-order valence-electron chi connectivity index (χ2n) is 4.42. The lowest BCUT2D eigenvalue weighted by molar-refractivity contribution is 0.0606. The molecule has 0 saturated heterocycles. The minimum absolute atomic E-state index is 0.134. The molecule has 23 heavy (non-hydrogen) atoms. The standard InChI is InChI=1S/C14H11ClN4O2S2/c1-19-11(8-6-4-3-5-7-8)17-18-13(19)23-14-16-10(15)9(22-14)12(20)21-2/h3-7H,1-2H3. The van der Waals surface area contributed by atoms with Gasteiger partial charge in [-0.25, -0.2) is 9.78 Å². The van der Waals surface area contributed by atoms with E-state index < -0.39 is 5.97 Å². The van der Waals surface area contributed by atoms with E-state index in [1.165, 1.54) is 30.2 Å². The summed E-state index contributed by atoms with van der Waals surface area (Å²) in [6, 6.07) is 9.77. The van der Waals surface area contributed by atoms with Crippen LogP contribution in [0.1, 0.15) is 9.67 Å². The van der Waals surface area contributed by atoms with Gasteiger partial charge in [0.05, 0.1) is 7.11 Å². The van der Waals surface area contributed by atoms with E-state index in [-0.39, 0.29) is 10.0 Å². The van der Waals surface area contributed by atoms with Crippen LogP contribution in [0.15, 0.2) is 39.8 Å². The molecule has 3 rings (SSSR count). The third kappa shape index (κ3) is 3.24. The summed E-state index contributed by atoms with van der Waals surface area (Å²) in [4.78, 5) is 16.0. The minimum atomic E-state index is -0.498. The summed E-state index contributed by atoms with van der Waals surface area (Å²) in [6.45, 7) is 0. The smallest absolute Gasteiger partial charge is 0.351 e. The maximum atomic E-state index is 11.6. The SMILES string of the molecule is COC(=O)c1sc(Sc2nnc(-c3ccccc3)n2C)nc1Cl. The molecule has 0 aliphatic rings. The number of carbonyl (C=O) groups excluding carboxylic acids is 1. The molecular formula is C14H11ClN4O2S2. The van der Waals surface area contributed by atoms with E-state index in [4.69, 9.17) is 11.6 Å². The Morgan fingerprint density at radius 2 is 2.04 bits per heavy atom. The number of nitrogens with zero attached hydrogens (tertiary/aromatic N) is 4. The van der Waals surface area contributed by atoms with Crippen LogP contribution in [0, 0.1) is 0 Å². The van der Waals surface area contributed by atoms with E-state index in [1.807, 2.05) is 41.9 Å². The highest BCUT2D eigenvalue weighted by molar-refractivity contribution is 8.00. The van der Waals surface area contributed by atoms with E-state index in [0.29, 0.717) is 9.50 Å². The topological polar surface area (TPSA) is 69.9 Å². The lowest BCUT2D eigenvalue weighted by atomic mass is 10.2. The molecule has 2 heterocycles. The van der Waals surface area contributed by atoms with Crippen LogP contribution in [0.3, 0.4) is 0 Å². The second-order valence-corrected chi connectivity index (χ2v) is 7.00. The first-order valence-corrected chi connectivity index (χ1v) is 8.48. The van der Waals surface area contributed by atoms with Gasteiger partial charge in [-0.1, -0.05) is 53.3 Å². The fraction of sp³-hybridized carbons (Fsp3) is 0.143. The maximum absolute atomic E-state index is 11.6. The van der Waals surface area contributed by atoms with Crippen molar-refractivity contribution in [2.24, 2.45) is 7.05 Å². The largest absolute Gasteiger partial charge is 0.465 e. The number of rotatable bonds is 4. The Bertz CT molecular complexity index is 848. The summed E-state index contributed by atoms with van der Waals surface area (Å²) >= 11 is 8.43. The van der Waals surface area contributed by atoms with Gasteiger partial charge in [-0.05, 0) is 11.8 Å². The van der Waals surface area contributed by atoms with Crippen molar-refractivity contribution in [2.75, 3.05) is 7.11 Å². The molecule has 1 aromatic carbocycles. The van der Waals surface area contributed by atoms with Crippen LogP contribution in [-0.4, -0.2) is 32.8 Å². The van der Waals surface area contributed by atoms with Crippen LogP contribution in [0.4, 0.5) is 0 Å². The summed E-state index contributed by atoms with van der Waals surface area (Å²) in [5, 5.41) is 9.17. The Kier molecular flexibility index (Phi) is 4.65. The molecule has 0 unspecified atom stereocenters. The Labute approximate surface area is 145 Å². The summed E-state index contributed by atoms with van der Waals surface area (Å²) in [7, 11) is 3.18. The number of benzene rings is 1. The van der Waals surface area contributed by atoms with E-state index >= 15 is 0 Å². The van der Waals surface area contributed by atoms with Gasteiger partial charge in [0.25, 0.3) is 0 Å². The number of thiazole rings is 1. The van der Waals surface area contributed by atoms with Gasteiger partial charge < -0.3 is 9.30 Å². The lowest BCUT2D eigenvalue weighted by Gasteiger charge is -2.02. The van der Waals surface area contributed by atoms with E-state index in [1.54, 1.807) is 0 Å². The van der Waals surface area contributed by atoms with E-state index in [0.717, 1.165) is 11.4 Å². The third-order valence-electron chi connectivity index (χ3n) is 2.98. The quantitative estimate of drug-likeness (QED) is 0.658. The molecule has 3 aromatic rings. The first-order valence-electron chi connectivity index (χ1n) is 6.47. The van der Waals surface area contributed by atoms with Crippen molar-refractivity contribution < 1.29 is 9.53 Å². The molecule has 0 radical (unpaired) electrons. The van der Waals surface area contributed by atoms with Crippen molar-refractivity contribution in [3.8, 4) is 11.4 Å². The van der Waals surface area contributed by atoms with Gasteiger partial charge in [0.15, 0.2) is 25.4 Å². The molecule has 0 spiro atoms. The fourth-order valence-electron chi connectivity index (χ4n) is 1.87. The average Bonchev–Trinajstić information content (AvgIpc) is 3.11. The number of halogens is 1. The number of esters is 1. The van der Waals surface area contributed by atoms with Gasteiger partial charge >= 0.3 is 5.97 Å². The first-order chi connectivity index (χ1) is 11.1. The predicted molar refractivity (Wildman–Crippen MR) is 89.0 cm³/mol. The maximum Gasteiger partial charge on any atom is 0.351 e. The molecule has 6 nitrogen and oxygen atoms in total. The van der Waals surface area contributed by atoms with Gasteiger partial charge in [-0.15, -0.1) is 10.2 Å². The molecule has 0 amide bonds. The number of hydrogen-bond acceptors (Lipinski definition) is 7. The normalized spacial score (nSPS) is 10.7. The van der Waals surface area contributed by atoms with Crippen LogP contribution < -0.4 is 0 Å². The monoisotopic (exact) mass is 366 g/mol. The highest BCUT2D eigenvalue weighted by Gasteiger charge is 2.20. The van der Waals surface area contributed by atoms with Crippen LogP contribution >= 0.6 is 34.7 Å². The molecule has 0 atom stereocenters. The number of ether oxygens (including phenoxy) is 1. The van der Waals surface area contributed by atoms with Crippen LogP contribution in [-0.2, 0) is 11.8 Å². The zero-order valence-corrected chi connectivity index (χ0v) is 14.6. The Balaban J connectivity index is 1.87. The molecule has 0 N–H and O–H groups in total. The Morgan fingerprint density at radius 3 is 2.74 bits per heavy atom. The molecule has 0 saturated carbocycles. The molecule has 2 aromatic heterocycles. The molecule has 0 aliphatic carbocycles. The van der Waals surface area contributed by atoms with Gasteiger partial charge in [0.2, 0.25) is 0 Å². The summed E-state index contributed by atoms with van der Waals surface area (Å²) in [5.74, 6) is 0.256. The second kappa shape index (κ2) is 6.69. The van der Waals surface area contributed by atoms with Crippen LogP contribution in [0.25, 0.3) is 11.4 Å². The lowest BCUT2D eigenvalue weighted by Crippen LogP contribution is -1.98. The summed E-state index contributed by atoms with van der Waals surface area (Å²) < 4.78 is 7.14. The number of carbonyl (C=O) groups is 1. The zero-order chi connectivity index (χ0) is 16.4. The van der Waals surface area contributed by atoms with Crippen molar-refractivity contribution in [3.63, 3.8) is 0 Å². The highest BCUT2D eigenvalue weighted by Crippen LogP contribution is 2.35. The molecular weight excluding hydrogens is 356 g/mol.